The second kappa shape index (κ2) is 11.5. The maximum absolute atomic E-state index is 13.4. The molecule has 3 fully saturated rings. The number of benzene rings is 1. The number of piperidine rings is 1. The predicted octanol–water partition coefficient (Wildman–Crippen LogP) is 2.58. The van der Waals surface area contributed by atoms with Crippen molar-refractivity contribution < 1.29 is 19.4 Å². The molecule has 9 nitrogen and oxygen atoms in total. The van der Waals surface area contributed by atoms with Gasteiger partial charge in [0.2, 0.25) is 11.8 Å². The molecule has 0 saturated carbocycles. The van der Waals surface area contributed by atoms with Crippen molar-refractivity contribution in [2.45, 2.75) is 75.8 Å². The summed E-state index contributed by atoms with van der Waals surface area (Å²) in [6.07, 6.45) is 8.64. The number of carbonyl (C=O) groups excluding carboxylic acids is 2. The minimum atomic E-state index is -0.629. The molecule has 0 radical (unpaired) electrons. The standard InChI is InChI=1S/C27H37N5O4/c33-24-11-14-31(18-20-6-2-1-3-7-20)26(24)27(35)30-12-9-22(10-13-30)32-19-21(17-28-32)29-25(34)16-23-8-4-5-15-36-23/h1-3,6-7,17,19,22-24,26,33H,4-5,8-16,18H2,(H,29,34)/t23?,24-,26+/m0/s1. The molecule has 2 amide bonds. The van der Waals surface area contributed by atoms with E-state index in [0.717, 1.165) is 50.8 Å². The third-order valence-electron chi connectivity index (χ3n) is 7.67. The van der Waals surface area contributed by atoms with Crippen molar-refractivity contribution in [3.8, 4) is 0 Å². The van der Waals surface area contributed by atoms with Crippen LogP contribution in [0.4, 0.5) is 5.69 Å². The number of aliphatic hydroxyl groups excluding tert-OH is 1. The molecule has 0 aliphatic carbocycles. The van der Waals surface area contributed by atoms with Crippen LogP contribution in [0.25, 0.3) is 0 Å². The van der Waals surface area contributed by atoms with E-state index in [1.165, 1.54) is 0 Å². The second-order valence-corrected chi connectivity index (χ2v) is 10.3. The van der Waals surface area contributed by atoms with Gasteiger partial charge in [0.1, 0.15) is 6.04 Å². The first-order valence-electron chi connectivity index (χ1n) is 13.3. The van der Waals surface area contributed by atoms with E-state index in [4.69, 9.17) is 4.74 Å². The van der Waals surface area contributed by atoms with Crippen LogP contribution in [0.1, 0.15) is 56.6 Å². The largest absolute Gasteiger partial charge is 0.391 e. The first-order chi connectivity index (χ1) is 17.6. The zero-order chi connectivity index (χ0) is 24.9. The van der Waals surface area contributed by atoms with E-state index in [9.17, 15) is 14.7 Å². The molecule has 9 heteroatoms. The van der Waals surface area contributed by atoms with Crippen molar-refractivity contribution in [3.63, 3.8) is 0 Å². The van der Waals surface area contributed by atoms with Gasteiger partial charge in [-0.15, -0.1) is 0 Å². The number of ether oxygens (including phenoxy) is 1. The van der Waals surface area contributed by atoms with Crippen molar-refractivity contribution in [1.29, 1.82) is 0 Å². The van der Waals surface area contributed by atoms with Gasteiger partial charge in [0.05, 0.1) is 36.6 Å². The number of anilines is 1. The van der Waals surface area contributed by atoms with Gasteiger partial charge in [-0.2, -0.15) is 5.10 Å². The van der Waals surface area contributed by atoms with Crippen LogP contribution in [0, 0.1) is 0 Å². The van der Waals surface area contributed by atoms with E-state index >= 15 is 0 Å². The Morgan fingerprint density at radius 1 is 1.06 bits per heavy atom. The quantitative estimate of drug-likeness (QED) is 0.613. The Hall–Kier alpha value is -2.75. The topological polar surface area (TPSA) is 99.9 Å². The van der Waals surface area contributed by atoms with Gasteiger partial charge in [-0.3, -0.25) is 19.2 Å². The fourth-order valence-electron chi connectivity index (χ4n) is 5.68. The maximum atomic E-state index is 13.4. The number of hydrogen-bond acceptors (Lipinski definition) is 6. The molecule has 1 aromatic heterocycles. The summed E-state index contributed by atoms with van der Waals surface area (Å²) in [7, 11) is 0. The van der Waals surface area contributed by atoms with Gasteiger partial charge >= 0.3 is 0 Å². The lowest BCUT2D eigenvalue weighted by Crippen LogP contribution is -2.51. The summed E-state index contributed by atoms with van der Waals surface area (Å²) in [5, 5.41) is 18.0. The normalized spacial score (nSPS) is 25.7. The van der Waals surface area contributed by atoms with Crippen LogP contribution in [-0.2, 0) is 20.9 Å². The van der Waals surface area contributed by atoms with E-state index < -0.39 is 12.1 Å². The molecule has 2 aromatic rings. The monoisotopic (exact) mass is 495 g/mol. The molecular formula is C27H37N5O4. The van der Waals surface area contributed by atoms with Crippen LogP contribution in [0.2, 0.25) is 0 Å². The molecule has 3 atom stereocenters. The van der Waals surface area contributed by atoms with Crippen molar-refractivity contribution in [1.82, 2.24) is 19.6 Å². The number of aliphatic hydroxyl groups is 1. The molecule has 3 saturated heterocycles. The van der Waals surface area contributed by atoms with Gasteiger partial charge in [0.15, 0.2) is 0 Å². The number of nitrogens with one attached hydrogen (secondary N) is 1. The smallest absolute Gasteiger partial charge is 0.242 e. The van der Waals surface area contributed by atoms with E-state index in [-0.39, 0.29) is 24.0 Å². The predicted molar refractivity (Wildman–Crippen MR) is 135 cm³/mol. The fourth-order valence-corrected chi connectivity index (χ4v) is 5.68. The average Bonchev–Trinajstić information content (AvgIpc) is 3.51. The van der Waals surface area contributed by atoms with Crippen LogP contribution in [0.15, 0.2) is 42.7 Å². The maximum Gasteiger partial charge on any atom is 0.242 e. The first kappa shape index (κ1) is 24.9. The Balaban J connectivity index is 1.12. The van der Waals surface area contributed by atoms with Gasteiger partial charge in [-0.25, -0.2) is 0 Å². The number of hydrogen-bond donors (Lipinski definition) is 2. The molecule has 0 spiro atoms. The molecule has 2 N–H and O–H groups in total. The summed E-state index contributed by atoms with van der Waals surface area (Å²) >= 11 is 0. The lowest BCUT2D eigenvalue weighted by atomic mass is 10.0. The summed E-state index contributed by atoms with van der Waals surface area (Å²) in [6.45, 7) is 3.39. The van der Waals surface area contributed by atoms with Crippen molar-refractivity contribution >= 4 is 17.5 Å². The van der Waals surface area contributed by atoms with Gasteiger partial charge < -0.3 is 20.1 Å². The lowest BCUT2D eigenvalue weighted by Gasteiger charge is -2.36. The summed E-state index contributed by atoms with van der Waals surface area (Å²) in [5.41, 5.74) is 1.84. The summed E-state index contributed by atoms with van der Waals surface area (Å²) in [4.78, 5) is 29.8. The minimum Gasteiger partial charge on any atom is -0.391 e. The Morgan fingerprint density at radius 2 is 1.86 bits per heavy atom. The highest BCUT2D eigenvalue weighted by atomic mass is 16.5. The van der Waals surface area contributed by atoms with E-state index in [1.807, 2.05) is 34.0 Å². The molecule has 4 heterocycles. The number of nitrogens with zero attached hydrogens (tertiary/aromatic N) is 4. The highest BCUT2D eigenvalue weighted by molar-refractivity contribution is 5.90. The number of rotatable bonds is 7. The van der Waals surface area contributed by atoms with E-state index in [2.05, 4.69) is 27.4 Å². The zero-order valence-electron chi connectivity index (χ0n) is 20.8. The van der Waals surface area contributed by atoms with Gasteiger partial charge in [-0.1, -0.05) is 30.3 Å². The molecule has 1 aromatic carbocycles. The van der Waals surface area contributed by atoms with Crippen molar-refractivity contribution in [2.75, 3.05) is 31.6 Å². The molecule has 3 aliphatic heterocycles. The van der Waals surface area contributed by atoms with Crippen LogP contribution in [0.3, 0.4) is 0 Å². The SMILES string of the molecule is O=C(CC1CCCCO1)Nc1cnn(C2CCN(C(=O)[C@H]3[C@@H](O)CCN3Cc3ccccc3)CC2)c1. The van der Waals surface area contributed by atoms with Gasteiger partial charge in [0.25, 0.3) is 0 Å². The molecule has 36 heavy (non-hydrogen) atoms. The number of amides is 2. The molecule has 194 valence electrons. The molecular weight excluding hydrogens is 458 g/mol. The lowest BCUT2D eigenvalue weighted by molar-refractivity contribution is -0.140. The molecule has 3 aliphatic rings. The van der Waals surface area contributed by atoms with Crippen LogP contribution >= 0.6 is 0 Å². The first-order valence-corrected chi connectivity index (χ1v) is 13.3. The van der Waals surface area contributed by atoms with Gasteiger partial charge in [-0.05, 0) is 44.1 Å². The number of aromatic nitrogens is 2. The highest BCUT2D eigenvalue weighted by Crippen LogP contribution is 2.27. The van der Waals surface area contributed by atoms with E-state index in [0.29, 0.717) is 38.2 Å². The fraction of sp³-hybridized carbons (Fsp3) is 0.593. The minimum absolute atomic E-state index is 0.0117. The van der Waals surface area contributed by atoms with Crippen LogP contribution in [-0.4, -0.2) is 81.0 Å². The number of likely N-dealkylation sites (tertiary alicyclic amines) is 2. The van der Waals surface area contributed by atoms with Crippen LogP contribution in [0.5, 0.6) is 0 Å². The molecule has 5 rings (SSSR count). The summed E-state index contributed by atoms with van der Waals surface area (Å²) in [6, 6.07) is 9.79. The third kappa shape index (κ3) is 5.96. The van der Waals surface area contributed by atoms with E-state index in [1.54, 1.807) is 6.20 Å². The Morgan fingerprint density at radius 3 is 2.61 bits per heavy atom. The summed E-state index contributed by atoms with van der Waals surface area (Å²) in [5.74, 6) is -0.0234. The Labute approximate surface area is 212 Å². The van der Waals surface area contributed by atoms with Crippen molar-refractivity contribution in [3.05, 3.63) is 48.3 Å². The Bertz CT molecular complexity index is 1010. The van der Waals surface area contributed by atoms with Crippen LogP contribution < -0.4 is 5.32 Å². The molecule has 1 unspecified atom stereocenters. The molecule has 0 bridgehead atoms. The Kier molecular flexibility index (Phi) is 7.99. The zero-order valence-corrected chi connectivity index (χ0v) is 20.8. The highest BCUT2D eigenvalue weighted by Gasteiger charge is 2.41. The third-order valence-corrected chi connectivity index (χ3v) is 7.67. The second-order valence-electron chi connectivity index (χ2n) is 10.3. The number of carbonyl (C=O) groups is 2. The van der Waals surface area contributed by atoms with Gasteiger partial charge in [0, 0.05) is 39.0 Å². The van der Waals surface area contributed by atoms with Crippen molar-refractivity contribution in [2.24, 2.45) is 0 Å². The average molecular weight is 496 g/mol. The summed E-state index contributed by atoms with van der Waals surface area (Å²) < 4.78 is 7.57.